The van der Waals surface area contributed by atoms with Crippen molar-refractivity contribution >= 4 is 12.0 Å². The molecule has 0 unspecified atom stereocenters. The van der Waals surface area contributed by atoms with Gasteiger partial charge in [-0.1, -0.05) is 6.92 Å². The van der Waals surface area contributed by atoms with E-state index in [0.29, 0.717) is 19.4 Å². The summed E-state index contributed by atoms with van der Waals surface area (Å²) in [5.74, 6) is -1.02. The molecule has 4 atom stereocenters. The van der Waals surface area contributed by atoms with E-state index in [1.54, 1.807) is 13.8 Å². The van der Waals surface area contributed by atoms with E-state index in [0.717, 1.165) is 4.90 Å². The summed E-state index contributed by atoms with van der Waals surface area (Å²) in [5.41, 5.74) is 0. The van der Waals surface area contributed by atoms with Crippen LogP contribution in [-0.4, -0.2) is 53.8 Å². The maximum absolute atomic E-state index is 12.0. The predicted octanol–water partition coefficient (Wildman–Crippen LogP) is 1.01. The minimum Gasteiger partial charge on any atom is -0.438 e. The standard InChI is InChI=1S/C13H19NO6/c1-4-5-8(15)14-11-10(19-12(14)16)9-7(18-11)6-17-13(2,3)20-9/h7,9-11H,4-6H2,1-3H3/t7-,9+,10-,11+/m1/s1. The van der Waals surface area contributed by atoms with E-state index < -0.39 is 30.3 Å². The molecule has 3 rings (SSSR count). The van der Waals surface area contributed by atoms with Gasteiger partial charge in [-0.15, -0.1) is 0 Å². The van der Waals surface area contributed by atoms with Crippen LogP contribution in [0.15, 0.2) is 0 Å². The average molecular weight is 285 g/mol. The van der Waals surface area contributed by atoms with Gasteiger partial charge in [0.05, 0.1) is 6.61 Å². The van der Waals surface area contributed by atoms with Gasteiger partial charge in [-0.05, 0) is 20.3 Å². The van der Waals surface area contributed by atoms with Gasteiger partial charge in [-0.2, -0.15) is 0 Å². The van der Waals surface area contributed by atoms with Crippen LogP contribution < -0.4 is 0 Å². The van der Waals surface area contributed by atoms with Crippen molar-refractivity contribution in [3.63, 3.8) is 0 Å². The molecule has 3 saturated heterocycles. The lowest BCUT2D eigenvalue weighted by atomic mass is 10.1. The van der Waals surface area contributed by atoms with Crippen LogP contribution in [0, 0.1) is 0 Å². The third-order valence-corrected chi connectivity index (χ3v) is 3.72. The number of carbonyl (C=O) groups excluding carboxylic acids is 2. The monoisotopic (exact) mass is 285 g/mol. The summed E-state index contributed by atoms with van der Waals surface area (Å²) in [6.07, 6.45) is -1.68. The zero-order valence-electron chi connectivity index (χ0n) is 11.8. The SMILES string of the molecule is CCCC(=O)N1C(=O)O[C@@H]2[C@H]3OC(C)(C)OC[C@H]3O[C@@H]21. The Morgan fingerprint density at radius 1 is 1.40 bits per heavy atom. The summed E-state index contributed by atoms with van der Waals surface area (Å²) in [7, 11) is 0. The van der Waals surface area contributed by atoms with E-state index in [-0.39, 0.29) is 12.0 Å². The zero-order chi connectivity index (χ0) is 14.5. The van der Waals surface area contributed by atoms with Crippen molar-refractivity contribution in [3.05, 3.63) is 0 Å². The molecular weight excluding hydrogens is 266 g/mol. The second kappa shape index (κ2) is 4.68. The molecule has 7 heteroatoms. The highest BCUT2D eigenvalue weighted by Crippen LogP contribution is 2.39. The lowest BCUT2D eigenvalue weighted by Gasteiger charge is -2.37. The van der Waals surface area contributed by atoms with Crippen LogP contribution in [0.4, 0.5) is 4.79 Å². The number of fused-ring (bicyclic) bond motifs is 3. The quantitative estimate of drug-likeness (QED) is 0.754. The van der Waals surface area contributed by atoms with E-state index in [1.807, 2.05) is 6.92 Å². The Balaban J connectivity index is 1.79. The zero-order valence-corrected chi connectivity index (χ0v) is 11.8. The lowest BCUT2D eigenvalue weighted by Crippen LogP contribution is -2.50. The number of nitrogens with zero attached hydrogens (tertiary/aromatic N) is 1. The molecule has 3 aliphatic rings. The highest BCUT2D eigenvalue weighted by molar-refractivity contribution is 5.93. The minimum absolute atomic E-state index is 0.274. The number of ether oxygens (including phenoxy) is 4. The van der Waals surface area contributed by atoms with Gasteiger partial charge in [-0.3, -0.25) is 4.79 Å². The Hall–Kier alpha value is -1.18. The normalized spacial score (nSPS) is 38.4. The Labute approximate surface area is 117 Å². The van der Waals surface area contributed by atoms with Crippen LogP contribution in [0.2, 0.25) is 0 Å². The Morgan fingerprint density at radius 3 is 2.85 bits per heavy atom. The van der Waals surface area contributed by atoms with Crippen molar-refractivity contribution in [2.45, 2.75) is 63.9 Å². The first-order valence-corrected chi connectivity index (χ1v) is 6.93. The van der Waals surface area contributed by atoms with Crippen molar-refractivity contribution in [2.24, 2.45) is 0 Å². The highest BCUT2D eigenvalue weighted by atomic mass is 16.8. The molecule has 3 heterocycles. The van der Waals surface area contributed by atoms with Gasteiger partial charge in [0.2, 0.25) is 5.91 Å². The first-order chi connectivity index (χ1) is 9.43. The first kappa shape index (κ1) is 13.8. The van der Waals surface area contributed by atoms with Crippen LogP contribution in [0.25, 0.3) is 0 Å². The van der Waals surface area contributed by atoms with Gasteiger partial charge in [-0.25, -0.2) is 9.69 Å². The van der Waals surface area contributed by atoms with E-state index in [9.17, 15) is 9.59 Å². The fourth-order valence-corrected chi connectivity index (χ4v) is 2.82. The van der Waals surface area contributed by atoms with E-state index in [2.05, 4.69) is 0 Å². The molecule has 0 aromatic rings. The molecule has 0 aromatic heterocycles. The van der Waals surface area contributed by atoms with Crippen molar-refractivity contribution in [3.8, 4) is 0 Å². The summed E-state index contributed by atoms with van der Waals surface area (Å²) < 4.78 is 22.3. The van der Waals surface area contributed by atoms with E-state index in [4.69, 9.17) is 18.9 Å². The van der Waals surface area contributed by atoms with Crippen LogP contribution in [0.3, 0.4) is 0 Å². The van der Waals surface area contributed by atoms with Crippen molar-refractivity contribution < 1.29 is 28.5 Å². The fraction of sp³-hybridized carbons (Fsp3) is 0.846. The Kier molecular flexibility index (Phi) is 3.23. The van der Waals surface area contributed by atoms with Crippen molar-refractivity contribution in [1.29, 1.82) is 0 Å². The largest absolute Gasteiger partial charge is 0.438 e. The first-order valence-electron chi connectivity index (χ1n) is 6.93. The summed E-state index contributed by atoms with van der Waals surface area (Å²) in [4.78, 5) is 24.9. The van der Waals surface area contributed by atoms with Gasteiger partial charge >= 0.3 is 6.09 Å². The van der Waals surface area contributed by atoms with Crippen LogP contribution in [-0.2, 0) is 23.7 Å². The fourth-order valence-electron chi connectivity index (χ4n) is 2.82. The third kappa shape index (κ3) is 2.10. The highest BCUT2D eigenvalue weighted by Gasteiger charge is 2.60. The van der Waals surface area contributed by atoms with Crippen molar-refractivity contribution in [2.75, 3.05) is 6.61 Å². The number of amides is 2. The summed E-state index contributed by atoms with van der Waals surface area (Å²) in [6.45, 7) is 5.84. The van der Waals surface area contributed by atoms with Gasteiger partial charge < -0.3 is 18.9 Å². The second-order valence-electron chi connectivity index (χ2n) is 5.72. The van der Waals surface area contributed by atoms with Crippen LogP contribution in [0.1, 0.15) is 33.6 Å². The Morgan fingerprint density at radius 2 is 2.15 bits per heavy atom. The molecule has 2 amide bonds. The molecule has 112 valence electrons. The number of carbonyl (C=O) groups is 2. The smallest absolute Gasteiger partial charge is 0.419 e. The number of hydrogen-bond donors (Lipinski definition) is 0. The lowest BCUT2D eigenvalue weighted by molar-refractivity contribution is -0.301. The Bertz CT molecular complexity index is 437. The molecular formula is C13H19NO6. The molecule has 3 aliphatic heterocycles. The topological polar surface area (TPSA) is 74.3 Å². The predicted molar refractivity (Wildman–Crippen MR) is 65.6 cm³/mol. The average Bonchev–Trinajstić information content (AvgIpc) is 2.83. The molecule has 20 heavy (non-hydrogen) atoms. The molecule has 0 aliphatic carbocycles. The summed E-state index contributed by atoms with van der Waals surface area (Å²) >= 11 is 0. The molecule has 0 N–H and O–H groups in total. The maximum atomic E-state index is 12.0. The van der Waals surface area contributed by atoms with Crippen LogP contribution >= 0.6 is 0 Å². The number of rotatable bonds is 2. The molecule has 3 fully saturated rings. The van der Waals surface area contributed by atoms with E-state index >= 15 is 0 Å². The van der Waals surface area contributed by atoms with Gasteiger partial charge in [0, 0.05) is 6.42 Å². The second-order valence-corrected chi connectivity index (χ2v) is 5.72. The molecule has 0 radical (unpaired) electrons. The van der Waals surface area contributed by atoms with Gasteiger partial charge in [0.1, 0.15) is 12.2 Å². The molecule has 0 aromatic carbocycles. The van der Waals surface area contributed by atoms with Gasteiger partial charge in [0.15, 0.2) is 18.1 Å². The number of hydrogen-bond acceptors (Lipinski definition) is 6. The number of imide groups is 1. The summed E-state index contributed by atoms with van der Waals surface area (Å²) in [6, 6.07) is 0. The van der Waals surface area contributed by atoms with E-state index in [1.165, 1.54) is 0 Å². The van der Waals surface area contributed by atoms with Crippen LogP contribution in [0.5, 0.6) is 0 Å². The third-order valence-electron chi connectivity index (χ3n) is 3.72. The van der Waals surface area contributed by atoms with Crippen molar-refractivity contribution in [1.82, 2.24) is 4.90 Å². The van der Waals surface area contributed by atoms with Gasteiger partial charge in [0.25, 0.3) is 0 Å². The molecule has 7 nitrogen and oxygen atoms in total. The molecule has 0 saturated carbocycles. The minimum atomic E-state index is -0.743. The molecule has 0 spiro atoms. The summed E-state index contributed by atoms with van der Waals surface area (Å²) in [5, 5.41) is 0. The maximum Gasteiger partial charge on any atom is 0.419 e. The molecule has 0 bridgehead atoms.